The molecule has 4 fully saturated rings. The third-order valence-corrected chi connectivity index (χ3v) is 16.8. The number of hydrogen-bond acceptors (Lipinski definition) is 14. The number of carbonyl (C=O) groups is 4. The Kier molecular flexibility index (Phi) is 16.0. The van der Waals surface area contributed by atoms with Crippen molar-refractivity contribution in [1.82, 2.24) is 35.4 Å². The Bertz CT molecular complexity index is 2520. The lowest BCUT2D eigenvalue weighted by Crippen LogP contribution is -2.58. The number of aliphatic hydroxyl groups excluding tert-OH is 1. The number of β-amino-alcohol motifs (C(OH)–C–C–N with tert-alkyl or cyclic N) is 1. The number of likely N-dealkylation sites (tertiary alicyclic amines) is 2. The second kappa shape index (κ2) is 21.8. The zero-order valence-corrected chi connectivity index (χ0v) is 43.4. The van der Waals surface area contributed by atoms with Crippen LogP contribution in [0.15, 0.2) is 64.2 Å². The number of carbonyl (C=O) groups excluding carboxylic acids is 4. The van der Waals surface area contributed by atoms with Gasteiger partial charge in [0.15, 0.2) is 0 Å². The van der Waals surface area contributed by atoms with Gasteiger partial charge >= 0.3 is 0 Å². The number of nitrogens with one attached hydrogen (secondary N) is 3. The van der Waals surface area contributed by atoms with Crippen LogP contribution in [0.25, 0.3) is 10.4 Å². The molecule has 0 radical (unpaired) electrons. The van der Waals surface area contributed by atoms with Crippen LogP contribution < -0.4 is 31.3 Å². The fraction of sp³-hybridized carbons (Fsp3) is 0.549. The molecule has 8 rings (SSSR count). The maximum atomic E-state index is 13.8. The first-order chi connectivity index (χ1) is 33.4. The fourth-order valence-electron chi connectivity index (χ4n) is 9.81. The molecule has 2 aromatic carbocycles. The van der Waals surface area contributed by atoms with Gasteiger partial charge in [-0.25, -0.2) is 15.0 Å². The van der Waals surface area contributed by atoms with E-state index in [2.05, 4.69) is 32.8 Å². The first-order valence-electron chi connectivity index (χ1n) is 24.4. The quantitative estimate of drug-likeness (QED) is 0.0845. The summed E-state index contributed by atoms with van der Waals surface area (Å²) >= 11 is 9.96. The summed E-state index contributed by atoms with van der Waals surface area (Å²) in [6, 6.07) is 10.1. The molecule has 3 saturated heterocycles. The summed E-state index contributed by atoms with van der Waals surface area (Å²) in [6.45, 7) is 14.9. The first-order valence-corrected chi connectivity index (χ1v) is 26.5. The molecular weight excluding hydrogens is 948 g/mol. The summed E-state index contributed by atoms with van der Waals surface area (Å²) in [5, 5.41) is 21.3. The molecule has 376 valence electrons. The molecule has 3 atom stereocenters. The van der Waals surface area contributed by atoms with Crippen molar-refractivity contribution in [3.63, 3.8) is 0 Å². The summed E-state index contributed by atoms with van der Waals surface area (Å²) in [6.07, 6.45) is 7.55. The van der Waals surface area contributed by atoms with E-state index < -0.39 is 35.4 Å². The highest BCUT2D eigenvalue weighted by Gasteiger charge is 2.44. The molecule has 1 aliphatic carbocycles. The SMILES string of the molecule is CC(=O)N[C@H](C(=O)N1C[C@H](O)C[C@H]1C(=O)NCc1ccc(-c2scnc2C)cc1OC1CCC(C(=O)N2CC(Nc3cccc(Sc4cnc(N5CCC(C)(CN)CC5)cn4)c3Cl)C2)CC1)C(C)(C)C. The molecule has 16 nitrogen and oxygen atoms in total. The number of amides is 4. The smallest absolute Gasteiger partial charge is 0.246 e. The third-order valence-electron chi connectivity index (χ3n) is 14.3. The standard InChI is InChI=1S/C51H67ClN10O6S2/c1-30-45(69-29-57-30)33-10-11-34(22-56-47(65)39-21-36(64)27-62(39)49(67)46(50(3,4)5)58-31(2)63)40(20-33)68-37-14-12-32(13-15-37)48(66)61-25-35(26-61)59-38-8-7-9-41(44(38)52)70-43-24-54-42(23-55-43)60-18-16-51(6,28-53)17-19-60/h7-11,20,23-24,29,32,35-37,39,46,59,64H,12-19,21-22,25-28,53H2,1-6H3,(H,56,65)(H,58,63)/t32?,36-,37?,39+,46-/m1/s1. The Morgan fingerprint density at radius 3 is 2.41 bits per heavy atom. The molecule has 6 N–H and O–H groups in total. The highest BCUT2D eigenvalue weighted by Crippen LogP contribution is 2.40. The van der Waals surface area contributed by atoms with Crippen LogP contribution in [0.4, 0.5) is 11.5 Å². The molecule has 4 aliphatic rings. The van der Waals surface area contributed by atoms with Gasteiger partial charge in [0.25, 0.3) is 0 Å². The Balaban J connectivity index is 0.836. The van der Waals surface area contributed by atoms with Crippen LogP contribution in [0.2, 0.25) is 5.02 Å². The molecular formula is C51H67ClN10O6S2. The number of aromatic nitrogens is 3. The average Bonchev–Trinajstić information content (AvgIpc) is 3.94. The van der Waals surface area contributed by atoms with Crippen LogP contribution >= 0.6 is 34.7 Å². The Morgan fingerprint density at radius 2 is 1.77 bits per heavy atom. The number of nitrogens with two attached hydrogens (primary N) is 1. The number of piperidine rings is 1. The Labute approximate surface area is 424 Å². The zero-order chi connectivity index (χ0) is 49.9. The summed E-state index contributed by atoms with van der Waals surface area (Å²) in [4.78, 5) is 74.8. The average molecular weight is 1020 g/mol. The normalized spacial score (nSPS) is 22.0. The monoisotopic (exact) mass is 1010 g/mol. The summed E-state index contributed by atoms with van der Waals surface area (Å²) < 4.78 is 6.74. The van der Waals surface area contributed by atoms with Gasteiger partial charge in [0, 0.05) is 69.0 Å². The van der Waals surface area contributed by atoms with Crippen LogP contribution in [-0.2, 0) is 25.7 Å². The maximum Gasteiger partial charge on any atom is 0.246 e. The summed E-state index contributed by atoms with van der Waals surface area (Å²) in [7, 11) is 0. The van der Waals surface area contributed by atoms with E-state index in [9.17, 15) is 24.3 Å². The van der Waals surface area contributed by atoms with Gasteiger partial charge in [0.1, 0.15) is 28.7 Å². The number of nitrogens with zero attached hydrogens (tertiary/aromatic N) is 6. The van der Waals surface area contributed by atoms with Crippen molar-refractivity contribution in [2.24, 2.45) is 22.5 Å². The second-order valence-corrected chi connectivity index (χ2v) is 23.1. The molecule has 2 aromatic heterocycles. The number of aryl methyl sites for hydroxylation is 1. The number of anilines is 2. The van der Waals surface area contributed by atoms with Crippen LogP contribution in [0, 0.1) is 23.7 Å². The molecule has 1 saturated carbocycles. The van der Waals surface area contributed by atoms with Crippen molar-refractivity contribution in [3.8, 4) is 16.2 Å². The van der Waals surface area contributed by atoms with Crippen LogP contribution in [-0.4, -0.2) is 123 Å². The van der Waals surface area contributed by atoms with Crippen LogP contribution in [0.5, 0.6) is 5.75 Å². The van der Waals surface area contributed by atoms with Crippen molar-refractivity contribution < 1.29 is 29.0 Å². The minimum Gasteiger partial charge on any atom is -0.490 e. The van der Waals surface area contributed by atoms with Gasteiger partial charge in [0.05, 0.1) is 57.4 Å². The van der Waals surface area contributed by atoms with E-state index in [0.29, 0.717) is 56.1 Å². The van der Waals surface area contributed by atoms with E-state index in [1.807, 2.05) is 80.7 Å². The van der Waals surface area contributed by atoms with Crippen molar-refractivity contribution in [2.45, 2.75) is 133 Å². The lowest BCUT2D eigenvalue weighted by atomic mass is 9.80. The van der Waals surface area contributed by atoms with Crippen molar-refractivity contribution in [2.75, 3.05) is 49.5 Å². The molecule has 0 bridgehead atoms. The van der Waals surface area contributed by atoms with Crippen molar-refractivity contribution in [1.29, 1.82) is 0 Å². The number of ether oxygens (including phenoxy) is 1. The van der Waals surface area contributed by atoms with E-state index in [1.54, 1.807) is 17.5 Å². The molecule has 70 heavy (non-hydrogen) atoms. The van der Waals surface area contributed by atoms with Gasteiger partial charge in [-0.05, 0) is 86.6 Å². The lowest BCUT2D eigenvalue weighted by Gasteiger charge is -2.43. The van der Waals surface area contributed by atoms with Crippen LogP contribution in [0.1, 0.15) is 90.8 Å². The van der Waals surface area contributed by atoms with Gasteiger partial charge in [-0.15, -0.1) is 11.3 Å². The highest BCUT2D eigenvalue weighted by molar-refractivity contribution is 7.99. The molecule has 0 spiro atoms. The minimum atomic E-state index is -0.909. The van der Waals surface area contributed by atoms with Crippen LogP contribution in [0.3, 0.4) is 0 Å². The molecule has 0 unspecified atom stereocenters. The van der Waals surface area contributed by atoms with Gasteiger partial charge in [-0.2, -0.15) is 0 Å². The Hall–Kier alpha value is -5.01. The number of aliphatic hydroxyl groups is 1. The molecule has 3 aliphatic heterocycles. The van der Waals surface area contributed by atoms with E-state index >= 15 is 0 Å². The largest absolute Gasteiger partial charge is 0.490 e. The number of rotatable bonds is 15. The number of halogens is 1. The molecule has 5 heterocycles. The number of hydrogen-bond donors (Lipinski definition) is 5. The summed E-state index contributed by atoms with van der Waals surface area (Å²) in [5.41, 5.74) is 10.8. The maximum absolute atomic E-state index is 13.8. The predicted molar refractivity (Wildman–Crippen MR) is 274 cm³/mol. The van der Waals surface area contributed by atoms with E-state index in [0.717, 1.165) is 69.1 Å². The van der Waals surface area contributed by atoms with E-state index in [1.165, 1.54) is 23.6 Å². The second-order valence-electron chi connectivity index (χ2n) is 20.8. The van der Waals surface area contributed by atoms with Crippen molar-refractivity contribution >= 4 is 69.8 Å². The predicted octanol–water partition coefficient (Wildman–Crippen LogP) is 6.67. The van der Waals surface area contributed by atoms with Gasteiger partial charge in [-0.3, -0.25) is 19.2 Å². The van der Waals surface area contributed by atoms with E-state index in [-0.39, 0.29) is 54.8 Å². The van der Waals surface area contributed by atoms with Crippen molar-refractivity contribution in [3.05, 3.63) is 70.6 Å². The molecule has 19 heteroatoms. The molecule has 4 aromatic rings. The van der Waals surface area contributed by atoms with Gasteiger partial charge in [0.2, 0.25) is 23.6 Å². The molecule has 4 amide bonds. The van der Waals surface area contributed by atoms with Gasteiger partial charge < -0.3 is 46.2 Å². The zero-order valence-electron chi connectivity index (χ0n) is 41.0. The highest BCUT2D eigenvalue weighted by atomic mass is 35.5. The van der Waals surface area contributed by atoms with Gasteiger partial charge in [-0.1, -0.05) is 69.3 Å². The number of benzene rings is 2. The minimum absolute atomic E-state index is 0.00725. The fourth-order valence-corrected chi connectivity index (χ4v) is 11.7. The first kappa shape index (κ1) is 51.3. The van der Waals surface area contributed by atoms with E-state index in [4.69, 9.17) is 32.0 Å². The Morgan fingerprint density at radius 1 is 1.03 bits per heavy atom. The lowest BCUT2D eigenvalue weighted by molar-refractivity contribution is -0.143. The topological polar surface area (TPSA) is 208 Å². The summed E-state index contributed by atoms with van der Waals surface area (Å²) in [5.74, 6) is 0.404. The third kappa shape index (κ3) is 12.0. The number of thiazole rings is 1.